The van der Waals surface area contributed by atoms with Crippen molar-refractivity contribution in [2.45, 2.75) is 0 Å². The third kappa shape index (κ3) is 4.42. The van der Waals surface area contributed by atoms with E-state index in [-0.39, 0.29) is 0 Å². The summed E-state index contributed by atoms with van der Waals surface area (Å²) in [4.78, 5) is 0. The summed E-state index contributed by atoms with van der Waals surface area (Å²) in [5, 5.41) is 0. The summed E-state index contributed by atoms with van der Waals surface area (Å²) in [6, 6.07) is 0. The lowest BCUT2D eigenvalue weighted by Crippen LogP contribution is -1.94. The van der Waals surface area contributed by atoms with Crippen LogP contribution in [0.5, 0.6) is 0 Å². The summed E-state index contributed by atoms with van der Waals surface area (Å²) < 4.78 is 0. The fourth-order valence-corrected chi connectivity index (χ4v) is 2.32. The summed E-state index contributed by atoms with van der Waals surface area (Å²) in [5.41, 5.74) is 0. The van der Waals surface area contributed by atoms with Gasteiger partial charge in [-0.25, -0.2) is 0 Å². The van der Waals surface area contributed by atoms with Crippen molar-refractivity contribution in [3.05, 3.63) is 25.3 Å². The van der Waals surface area contributed by atoms with Gasteiger partial charge >= 0.3 is 0 Å². The molecule has 0 aliphatic carbocycles. The molecular formula is C8H16P+. The SMILES string of the molecule is C=CC[P+](C)(C)CC=C. The van der Waals surface area contributed by atoms with Crippen LogP contribution in [0.3, 0.4) is 0 Å². The molecule has 0 aromatic heterocycles. The van der Waals surface area contributed by atoms with E-state index in [4.69, 9.17) is 0 Å². The maximum absolute atomic E-state index is 3.72. The molecule has 0 radical (unpaired) electrons. The zero-order valence-electron chi connectivity index (χ0n) is 6.43. The molecule has 0 aromatic carbocycles. The molecule has 52 valence electrons. The van der Waals surface area contributed by atoms with Crippen LogP contribution in [0.2, 0.25) is 0 Å². The highest BCUT2D eigenvalue weighted by atomic mass is 31.2. The molecule has 1 heteroatoms. The minimum Gasteiger partial charge on any atom is -0.0995 e. The minimum atomic E-state index is -0.679. The Bertz CT molecular complexity index is 91.1. The third-order valence-electron chi connectivity index (χ3n) is 1.25. The van der Waals surface area contributed by atoms with Crippen LogP contribution in [0.1, 0.15) is 0 Å². The summed E-state index contributed by atoms with van der Waals surface area (Å²) >= 11 is 0. The number of allylic oxidation sites excluding steroid dienone is 2. The molecule has 9 heavy (non-hydrogen) atoms. The Balaban J connectivity index is 3.68. The molecule has 0 fully saturated rings. The quantitative estimate of drug-likeness (QED) is 0.419. The van der Waals surface area contributed by atoms with E-state index < -0.39 is 7.26 Å². The first-order valence-corrected chi connectivity index (χ1v) is 6.21. The van der Waals surface area contributed by atoms with Gasteiger partial charge in [0.05, 0.1) is 12.3 Å². The zero-order valence-corrected chi connectivity index (χ0v) is 7.32. The molecule has 0 aromatic rings. The first-order chi connectivity index (χ1) is 4.12. The molecule has 0 bridgehead atoms. The summed E-state index contributed by atoms with van der Waals surface area (Å²) in [5.74, 6) is 0. The van der Waals surface area contributed by atoms with E-state index >= 15 is 0 Å². The largest absolute Gasteiger partial charge is 0.0995 e. The normalized spacial score (nSPS) is 10.9. The van der Waals surface area contributed by atoms with Gasteiger partial charge < -0.3 is 0 Å². The predicted octanol–water partition coefficient (Wildman–Crippen LogP) is 2.64. The van der Waals surface area contributed by atoms with Gasteiger partial charge in [0.15, 0.2) is 0 Å². The minimum absolute atomic E-state index is 0.679. The average molecular weight is 143 g/mol. The molecule has 0 heterocycles. The Morgan fingerprint density at radius 1 is 1.11 bits per heavy atom. The van der Waals surface area contributed by atoms with Crippen LogP contribution in [0.15, 0.2) is 25.3 Å². The average Bonchev–Trinajstić information content (AvgIpc) is 1.64. The van der Waals surface area contributed by atoms with Crippen molar-refractivity contribution in [3.8, 4) is 0 Å². The molecule has 0 nitrogen and oxygen atoms in total. The Morgan fingerprint density at radius 2 is 1.44 bits per heavy atom. The topological polar surface area (TPSA) is 0 Å². The first-order valence-electron chi connectivity index (χ1n) is 3.16. The fourth-order valence-electron chi connectivity index (χ4n) is 0.774. The van der Waals surface area contributed by atoms with Crippen LogP contribution in [0.4, 0.5) is 0 Å². The molecule has 0 saturated heterocycles. The van der Waals surface area contributed by atoms with Gasteiger partial charge in [0, 0.05) is 20.6 Å². The lowest BCUT2D eigenvalue weighted by molar-refractivity contribution is 1.60. The van der Waals surface area contributed by atoms with Gasteiger partial charge in [0.1, 0.15) is 0 Å². The van der Waals surface area contributed by atoms with Gasteiger partial charge in [0.2, 0.25) is 0 Å². The highest BCUT2D eigenvalue weighted by molar-refractivity contribution is 7.74. The van der Waals surface area contributed by atoms with Gasteiger partial charge in [-0.15, -0.1) is 0 Å². The molecule has 0 atom stereocenters. The number of hydrogen-bond acceptors (Lipinski definition) is 0. The van der Waals surface area contributed by atoms with Crippen LogP contribution in [0, 0.1) is 0 Å². The van der Waals surface area contributed by atoms with Crippen LogP contribution >= 0.6 is 7.26 Å². The molecular weight excluding hydrogens is 127 g/mol. The second-order valence-corrected chi connectivity index (χ2v) is 7.48. The molecule has 0 unspecified atom stereocenters. The summed E-state index contributed by atoms with van der Waals surface area (Å²) in [6.45, 7) is 12.1. The highest BCUT2D eigenvalue weighted by Gasteiger charge is 2.19. The molecule has 0 spiro atoms. The van der Waals surface area contributed by atoms with E-state index in [9.17, 15) is 0 Å². The lowest BCUT2D eigenvalue weighted by atomic mass is 10.7. The Kier molecular flexibility index (Phi) is 3.81. The van der Waals surface area contributed by atoms with Crippen molar-refractivity contribution in [3.63, 3.8) is 0 Å². The number of hydrogen-bond donors (Lipinski definition) is 0. The highest BCUT2D eigenvalue weighted by Crippen LogP contribution is 2.50. The Labute approximate surface area is 59.0 Å². The van der Waals surface area contributed by atoms with E-state index in [2.05, 4.69) is 26.5 Å². The van der Waals surface area contributed by atoms with E-state index in [0.29, 0.717) is 0 Å². The van der Waals surface area contributed by atoms with E-state index in [1.807, 2.05) is 12.2 Å². The summed E-state index contributed by atoms with van der Waals surface area (Å²) in [7, 11) is -0.679. The maximum Gasteiger partial charge on any atom is 0.0768 e. The smallest absolute Gasteiger partial charge is 0.0768 e. The van der Waals surface area contributed by atoms with Crippen LogP contribution in [0.25, 0.3) is 0 Å². The molecule has 0 amide bonds. The van der Waals surface area contributed by atoms with E-state index in [1.54, 1.807) is 0 Å². The van der Waals surface area contributed by atoms with E-state index in [1.165, 1.54) is 12.3 Å². The fraction of sp³-hybridized carbons (Fsp3) is 0.500. The molecule has 0 N–H and O–H groups in total. The lowest BCUT2D eigenvalue weighted by Gasteiger charge is -2.12. The maximum atomic E-state index is 3.72. The Morgan fingerprint density at radius 3 is 1.67 bits per heavy atom. The van der Waals surface area contributed by atoms with Crippen LogP contribution < -0.4 is 0 Å². The van der Waals surface area contributed by atoms with Gasteiger partial charge in [-0.2, -0.15) is 0 Å². The molecule has 0 aliphatic rings. The van der Waals surface area contributed by atoms with Gasteiger partial charge in [0.25, 0.3) is 0 Å². The standard InChI is InChI=1S/C8H16P/c1-5-7-9(3,4)8-6-2/h5-6H,1-2,7-8H2,3-4H3/q+1. The van der Waals surface area contributed by atoms with Crippen molar-refractivity contribution in [2.75, 3.05) is 25.7 Å². The van der Waals surface area contributed by atoms with Crippen LogP contribution in [-0.4, -0.2) is 25.7 Å². The number of rotatable bonds is 4. The van der Waals surface area contributed by atoms with Crippen molar-refractivity contribution < 1.29 is 0 Å². The molecule has 0 rings (SSSR count). The second-order valence-electron chi connectivity index (χ2n) is 2.88. The third-order valence-corrected chi connectivity index (χ3v) is 3.74. The monoisotopic (exact) mass is 143 g/mol. The Hall–Kier alpha value is -0.0900. The van der Waals surface area contributed by atoms with Gasteiger partial charge in [-0.1, -0.05) is 25.3 Å². The van der Waals surface area contributed by atoms with Gasteiger partial charge in [-0.05, 0) is 0 Å². The van der Waals surface area contributed by atoms with Crippen molar-refractivity contribution in [2.24, 2.45) is 0 Å². The summed E-state index contributed by atoms with van der Waals surface area (Å²) in [6.07, 6.45) is 6.38. The zero-order chi connectivity index (χ0) is 7.33. The van der Waals surface area contributed by atoms with Crippen molar-refractivity contribution in [1.82, 2.24) is 0 Å². The van der Waals surface area contributed by atoms with Crippen molar-refractivity contribution in [1.29, 1.82) is 0 Å². The second kappa shape index (κ2) is 3.85. The predicted molar refractivity (Wildman–Crippen MR) is 48.9 cm³/mol. The molecule has 0 aliphatic heterocycles. The van der Waals surface area contributed by atoms with E-state index in [0.717, 1.165) is 0 Å². The van der Waals surface area contributed by atoms with Gasteiger partial charge in [-0.3, -0.25) is 0 Å². The van der Waals surface area contributed by atoms with Crippen molar-refractivity contribution >= 4 is 7.26 Å². The van der Waals surface area contributed by atoms with Crippen LogP contribution in [-0.2, 0) is 0 Å². The molecule has 0 saturated carbocycles. The first kappa shape index (κ1) is 8.91.